The lowest BCUT2D eigenvalue weighted by Gasteiger charge is -2.33. The SMILES string of the molecule is C[C@H]1CCCC[C@@H]1NP(=O)(c1ccccc1)c1ccccc1. The van der Waals surface area contributed by atoms with Crippen molar-refractivity contribution in [3.63, 3.8) is 0 Å². The lowest BCUT2D eigenvalue weighted by Crippen LogP contribution is -2.40. The van der Waals surface area contributed by atoms with Gasteiger partial charge in [-0.15, -0.1) is 0 Å². The van der Waals surface area contributed by atoms with Gasteiger partial charge in [0.05, 0.1) is 0 Å². The van der Waals surface area contributed by atoms with Gasteiger partial charge in [0.15, 0.2) is 0 Å². The predicted octanol–water partition coefficient (Wildman–Crippen LogP) is 4.08. The average Bonchev–Trinajstić information content (AvgIpc) is 2.58. The Kier molecular flexibility index (Phi) is 4.81. The van der Waals surface area contributed by atoms with Gasteiger partial charge < -0.3 is 0 Å². The summed E-state index contributed by atoms with van der Waals surface area (Å²) in [6.07, 6.45) is 4.86. The third-order valence-electron chi connectivity index (χ3n) is 4.70. The Balaban J connectivity index is 1.98. The highest BCUT2D eigenvalue weighted by Gasteiger charge is 2.32. The number of hydrogen-bond donors (Lipinski definition) is 1. The average molecular weight is 313 g/mol. The summed E-state index contributed by atoms with van der Waals surface area (Å²) >= 11 is 0. The fourth-order valence-electron chi connectivity index (χ4n) is 3.32. The Morgan fingerprint density at radius 1 is 0.864 bits per heavy atom. The first-order valence-corrected chi connectivity index (χ1v) is 9.90. The van der Waals surface area contributed by atoms with Crippen molar-refractivity contribution >= 4 is 17.9 Å². The van der Waals surface area contributed by atoms with Gasteiger partial charge >= 0.3 is 0 Å². The van der Waals surface area contributed by atoms with E-state index in [9.17, 15) is 4.57 Å². The maximum atomic E-state index is 13.9. The Hall–Kier alpha value is -1.37. The lowest BCUT2D eigenvalue weighted by molar-refractivity contribution is 0.311. The van der Waals surface area contributed by atoms with E-state index in [1.807, 2.05) is 60.7 Å². The fraction of sp³-hybridized carbons (Fsp3) is 0.368. The smallest absolute Gasteiger partial charge is 0.204 e. The van der Waals surface area contributed by atoms with Gasteiger partial charge in [0.25, 0.3) is 0 Å². The number of rotatable bonds is 4. The Bertz CT molecular complexity index is 597. The molecule has 0 bridgehead atoms. The molecule has 3 rings (SSSR count). The molecule has 0 heterocycles. The minimum atomic E-state index is -2.78. The number of hydrogen-bond acceptors (Lipinski definition) is 1. The van der Waals surface area contributed by atoms with Crippen LogP contribution in [0, 0.1) is 5.92 Å². The van der Waals surface area contributed by atoms with Gasteiger partial charge in [-0.2, -0.15) is 0 Å². The van der Waals surface area contributed by atoms with Gasteiger partial charge in [-0.25, -0.2) is 0 Å². The van der Waals surface area contributed by atoms with E-state index in [4.69, 9.17) is 0 Å². The van der Waals surface area contributed by atoms with E-state index in [0.29, 0.717) is 12.0 Å². The van der Waals surface area contributed by atoms with E-state index >= 15 is 0 Å². The first kappa shape index (κ1) is 15.5. The summed E-state index contributed by atoms with van der Waals surface area (Å²) in [5.74, 6) is 0.578. The Labute approximate surface area is 133 Å². The zero-order chi connectivity index (χ0) is 15.4. The van der Waals surface area contributed by atoms with Crippen molar-refractivity contribution in [2.24, 2.45) is 5.92 Å². The van der Waals surface area contributed by atoms with Gasteiger partial charge in [0.2, 0.25) is 7.29 Å². The summed E-state index contributed by atoms with van der Waals surface area (Å²) in [5, 5.41) is 5.37. The molecule has 2 atom stereocenters. The molecule has 0 saturated heterocycles. The molecule has 3 heteroatoms. The molecule has 2 nitrogen and oxygen atoms in total. The summed E-state index contributed by atoms with van der Waals surface area (Å²) in [5.41, 5.74) is 0. The topological polar surface area (TPSA) is 29.1 Å². The summed E-state index contributed by atoms with van der Waals surface area (Å²) in [6.45, 7) is 2.27. The van der Waals surface area contributed by atoms with Gasteiger partial charge in [-0.05, 0) is 43.0 Å². The second kappa shape index (κ2) is 6.81. The van der Waals surface area contributed by atoms with Gasteiger partial charge in [-0.3, -0.25) is 9.65 Å². The summed E-state index contributed by atoms with van der Waals surface area (Å²) in [7, 11) is -2.78. The second-order valence-corrected chi connectivity index (χ2v) is 8.79. The molecule has 22 heavy (non-hydrogen) atoms. The first-order chi connectivity index (χ1) is 10.7. The van der Waals surface area contributed by atoms with Crippen LogP contribution in [0.15, 0.2) is 60.7 Å². The van der Waals surface area contributed by atoms with E-state index in [1.165, 1.54) is 19.3 Å². The van der Waals surface area contributed by atoms with Gasteiger partial charge in [0.1, 0.15) is 0 Å². The van der Waals surface area contributed by atoms with E-state index < -0.39 is 7.29 Å². The van der Waals surface area contributed by atoms with Crippen molar-refractivity contribution in [1.82, 2.24) is 5.09 Å². The molecule has 0 unspecified atom stereocenters. The van der Waals surface area contributed by atoms with E-state index in [0.717, 1.165) is 17.0 Å². The molecule has 0 aliphatic heterocycles. The van der Waals surface area contributed by atoms with Crippen molar-refractivity contribution in [1.29, 1.82) is 0 Å². The molecular formula is C19H24NOP. The van der Waals surface area contributed by atoms with Gasteiger partial charge in [-0.1, -0.05) is 56.2 Å². The van der Waals surface area contributed by atoms with Crippen molar-refractivity contribution in [2.45, 2.75) is 38.6 Å². The van der Waals surface area contributed by atoms with Crippen LogP contribution in [0.2, 0.25) is 0 Å². The van der Waals surface area contributed by atoms with Crippen LogP contribution in [-0.2, 0) is 4.57 Å². The highest BCUT2D eigenvalue weighted by molar-refractivity contribution is 7.76. The summed E-state index contributed by atoms with van der Waals surface area (Å²) in [6, 6.07) is 20.1. The fourth-order valence-corrected chi connectivity index (χ4v) is 5.95. The summed E-state index contributed by atoms with van der Waals surface area (Å²) in [4.78, 5) is 0. The van der Waals surface area contributed by atoms with E-state index in [-0.39, 0.29) is 0 Å². The lowest BCUT2D eigenvalue weighted by atomic mass is 9.87. The molecule has 1 saturated carbocycles. The monoisotopic (exact) mass is 313 g/mol. The van der Waals surface area contributed by atoms with Crippen LogP contribution in [0.5, 0.6) is 0 Å². The minimum absolute atomic E-state index is 0.333. The van der Waals surface area contributed by atoms with Crippen molar-refractivity contribution < 1.29 is 4.57 Å². The summed E-state index contributed by atoms with van der Waals surface area (Å²) < 4.78 is 13.9. The third-order valence-corrected chi connectivity index (χ3v) is 7.44. The molecule has 2 aromatic carbocycles. The maximum Gasteiger partial charge on any atom is 0.204 e. The van der Waals surface area contributed by atoms with E-state index in [2.05, 4.69) is 12.0 Å². The molecule has 1 N–H and O–H groups in total. The molecule has 1 fully saturated rings. The molecule has 1 aliphatic carbocycles. The second-order valence-electron chi connectivity index (χ2n) is 6.28. The molecular weight excluding hydrogens is 289 g/mol. The standard InChI is InChI=1S/C19H24NOP/c1-16-10-8-9-15-19(16)20-22(21,17-11-4-2-5-12-17)18-13-6-3-7-14-18/h2-7,11-14,16,19H,8-10,15H2,1H3,(H,20,21)/t16-,19-/m0/s1. The minimum Gasteiger partial charge on any atom is -0.297 e. The normalized spacial score (nSPS) is 22.4. The first-order valence-electron chi connectivity index (χ1n) is 8.19. The van der Waals surface area contributed by atoms with Crippen LogP contribution < -0.4 is 15.7 Å². The molecule has 0 radical (unpaired) electrons. The van der Waals surface area contributed by atoms with Crippen molar-refractivity contribution in [2.75, 3.05) is 0 Å². The Morgan fingerprint density at radius 2 is 1.36 bits per heavy atom. The highest BCUT2D eigenvalue weighted by Crippen LogP contribution is 2.41. The van der Waals surface area contributed by atoms with E-state index in [1.54, 1.807) is 0 Å². The highest BCUT2D eigenvalue weighted by atomic mass is 31.2. The van der Waals surface area contributed by atoms with Gasteiger partial charge in [0, 0.05) is 16.7 Å². The van der Waals surface area contributed by atoms with Crippen molar-refractivity contribution in [3.05, 3.63) is 60.7 Å². The third kappa shape index (κ3) is 3.19. The largest absolute Gasteiger partial charge is 0.297 e. The number of nitrogens with one attached hydrogen (secondary N) is 1. The molecule has 0 aromatic heterocycles. The van der Waals surface area contributed by atoms with Crippen LogP contribution in [0.3, 0.4) is 0 Å². The zero-order valence-electron chi connectivity index (χ0n) is 13.1. The molecule has 2 aromatic rings. The molecule has 116 valence electrons. The van der Waals surface area contributed by atoms with Crippen LogP contribution in [0.4, 0.5) is 0 Å². The predicted molar refractivity (Wildman–Crippen MR) is 94.3 cm³/mol. The van der Waals surface area contributed by atoms with Crippen molar-refractivity contribution in [3.8, 4) is 0 Å². The maximum absolute atomic E-state index is 13.9. The molecule has 0 spiro atoms. The van der Waals surface area contributed by atoms with Crippen LogP contribution in [0.25, 0.3) is 0 Å². The Morgan fingerprint density at radius 3 is 1.86 bits per heavy atom. The molecule has 1 aliphatic rings. The van der Waals surface area contributed by atoms with Crippen LogP contribution in [-0.4, -0.2) is 6.04 Å². The van der Waals surface area contributed by atoms with Crippen LogP contribution in [0.1, 0.15) is 32.6 Å². The number of benzene rings is 2. The quantitative estimate of drug-likeness (QED) is 0.862. The molecule has 0 amide bonds. The van der Waals surface area contributed by atoms with Crippen LogP contribution >= 0.6 is 7.29 Å². The zero-order valence-corrected chi connectivity index (χ0v) is 14.0.